The monoisotopic (exact) mass is 384 g/mol. The standard InChI is InChI=1S/C17H18ClFN2O3S/c1-21(12-17(22)20-15-6-4-14(19)5-7-15)10-11-25(23,24)16-8-2-13(18)3-9-16/h2-9H,10-12H2,1H3,(H,20,22). The Kier molecular flexibility index (Phi) is 6.52. The lowest BCUT2D eigenvalue weighted by Gasteiger charge is -2.16. The summed E-state index contributed by atoms with van der Waals surface area (Å²) < 4.78 is 37.3. The van der Waals surface area contributed by atoms with Crippen LogP contribution in [0.4, 0.5) is 10.1 Å². The molecule has 1 N–H and O–H groups in total. The van der Waals surface area contributed by atoms with Crippen molar-refractivity contribution in [2.75, 3.05) is 31.2 Å². The molecule has 0 fully saturated rings. The maximum atomic E-state index is 12.8. The first-order chi connectivity index (χ1) is 11.8. The fourth-order valence-electron chi connectivity index (χ4n) is 2.09. The van der Waals surface area contributed by atoms with Crippen LogP contribution < -0.4 is 5.32 Å². The van der Waals surface area contributed by atoms with E-state index < -0.39 is 9.84 Å². The van der Waals surface area contributed by atoms with Crippen LogP contribution in [0.15, 0.2) is 53.4 Å². The molecule has 2 aromatic carbocycles. The van der Waals surface area contributed by atoms with Crippen LogP contribution in [-0.4, -0.2) is 45.1 Å². The molecule has 5 nitrogen and oxygen atoms in total. The van der Waals surface area contributed by atoms with Gasteiger partial charge in [0.05, 0.1) is 17.2 Å². The average molecular weight is 385 g/mol. The van der Waals surface area contributed by atoms with Crippen LogP contribution in [-0.2, 0) is 14.6 Å². The number of anilines is 1. The van der Waals surface area contributed by atoms with Crippen molar-refractivity contribution < 1.29 is 17.6 Å². The van der Waals surface area contributed by atoms with Crippen molar-refractivity contribution in [1.29, 1.82) is 0 Å². The Balaban J connectivity index is 1.85. The molecule has 0 aliphatic heterocycles. The van der Waals surface area contributed by atoms with Gasteiger partial charge in [-0.1, -0.05) is 11.6 Å². The molecule has 0 bridgehead atoms. The van der Waals surface area contributed by atoms with E-state index >= 15 is 0 Å². The second-order valence-electron chi connectivity index (χ2n) is 5.57. The van der Waals surface area contributed by atoms with E-state index in [1.807, 2.05) is 0 Å². The second kappa shape index (κ2) is 8.42. The van der Waals surface area contributed by atoms with E-state index in [4.69, 9.17) is 11.6 Å². The molecule has 0 aliphatic rings. The van der Waals surface area contributed by atoms with Crippen LogP contribution in [0.2, 0.25) is 5.02 Å². The van der Waals surface area contributed by atoms with E-state index in [1.165, 1.54) is 48.5 Å². The van der Waals surface area contributed by atoms with Gasteiger partial charge in [0, 0.05) is 17.3 Å². The number of nitrogens with zero attached hydrogens (tertiary/aromatic N) is 1. The Labute approximate surface area is 151 Å². The van der Waals surface area contributed by atoms with Crippen LogP contribution in [0.3, 0.4) is 0 Å². The summed E-state index contributed by atoms with van der Waals surface area (Å²) in [6, 6.07) is 11.4. The fraction of sp³-hybridized carbons (Fsp3) is 0.235. The molecule has 0 spiro atoms. The molecule has 25 heavy (non-hydrogen) atoms. The smallest absolute Gasteiger partial charge is 0.238 e. The molecule has 2 rings (SSSR count). The average Bonchev–Trinajstić information content (AvgIpc) is 2.55. The van der Waals surface area contributed by atoms with Crippen molar-refractivity contribution in [1.82, 2.24) is 4.90 Å². The predicted molar refractivity (Wildman–Crippen MR) is 96.0 cm³/mol. The third kappa shape index (κ3) is 6.12. The number of carbonyl (C=O) groups excluding carboxylic acids is 1. The number of sulfone groups is 1. The second-order valence-corrected chi connectivity index (χ2v) is 8.11. The van der Waals surface area contributed by atoms with E-state index in [2.05, 4.69) is 5.32 Å². The van der Waals surface area contributed by atoms with Gasteiger partial charge >= 0.3 is 0 Å². The Morgan fingerprint density at radius 3 is 2.32 bits per heavy atom. The lowest BCUT2D eigenvalue weighted by atomic mass is 10.3. The van der Waals surface area contributed by atoms with Crippen LogP contribution in [0.1, 0.15) is 0 Å². The SMILES string of the molecule is CN(CCS(=O)(=O)c1ccc(Cl)cc1)CC(=O)Nc1ccc(F)cc1. The zero-order chi connectivity index (χ0) is 18.4. The van der Waals surface area contributed by atoms with Crippen molar-refractivity contribution in [3.63, 3.8) is 0 Å². The maximum Gasteiger partial charge on any atom is 0.238 e. The van der Waals surface area contributed by atoms with Crippen LogP contribution in [0.25, 0.3) is 0 Å². The highest BCUT2D eigenvalue weighted by molar-refractivity contribution is 7.91. The molecule has 0 unspecified atom stereocenters. The molecule has 8 heteroatoms. The molecule has 0 saturated carbocycles. The van der Waals surface area contributed by atoms with E-state index in [-0.39, 0.29) is 35.5 Å². The van der Waals surface area contributed by atoms with Crippen LogP contribution in [0, 0.1) is 5.82 Å². The van der Waals surface area contributed by atoms with Gasteiger partial charge in [0.1, 0.15) is 5.82 Å². The third-order valence-electron chi connectivity index (χ3n) is 3.46. The Hall–Kier alpha value is -1.96. The number of benzene rings is 2. The summed E-state index contributed by atoms with van der Waals surface area (Å²) >= 11 is 5.75. The van der Waals surface area contributed by atoms with E-state index in [0.717, 1.165) is 0 Å². The third-order valence-corrected chi connectivity index (χ3v) is 5.42. The van der Waals surface area contributed by atoms with Gasteiger partial charge in [0.2, 0.25) is 5.91 Å². The number of carbonyl (C=O) groups is 1. The minimum Gasteiger partial charge on any atom is -0.325 e. The first-order valence-corrected chi connectivity index (χ1v) is 9.51. The molecular weight excluding hydrogens is 367 g/mol. The Morgan fingerprint density at radius 1 is 1.12 bits per heavy atom. The van der Waals surface area contributed by atoms with Crippen LogP contribution >= 0.6 is 11.6 Å². The van der Waals surface area contributed by atoms with Crippen molar-refractivity contribution >= 4 is 33.0 Å². The number of amides is 1. The normalized spacial score (nSPS) is 11.5. The van der Waals surface area contributed by atoms with Crippen LogP contribution in [0.5, 0.6) is 0 Å². The molecule has 0 heterocycles. The van der Waals surface area contributed by atoms with Gasteiger partial charge in [0.25, 0.3) is 0 Å². The number of rotatable bonds is 7. The summed E-state index contributed by atoms with van der Waals surface area (Å²) in [5.41, 5.74) is 0.480. The summed E-state index contributed by atoms with van der Waals surface area (Å²) in [4.78, 5) is 13.7. The number of hydrogen-bond acceptors (Lipinski definition) is 4. The summed E-state index contributed by atoms with van der Waals surface area (Å²) in [5, 5.41) is 3.09. The molecule has 0 aliphatic carbocycles. The minimum atomic E-state index is -3.45. The quantitative estimate of drug-likeness (QED) is 0.797. The van der Waals surface area contributed by atoms with E-state index in [1.54, 1.807) is 11.9 Å². The first-order valence-electron chi connectivity index (χ1n) is 7.48. The lowest BCUT2D eigenvalue weighted by molar-refractivity contribution is -0.117. The molecule has 0 atom stereocenters. The fourth-order valence-corrected chi connectivity index (χ4v) is 3.56. The highest BCUT2D eigenvalue weighted by atomic mass is 35.5. The number of hydrogen-bond donors (Lipinski definition) is 1. The summed E-state index contributed by atoms with van der Waals surface area (Å²) in [5.74, 6) is -0.810. The Bertz CT molecular complexity index is 824. The zero-order valence-electron chi connectivity index (χ0n) is 13.6. The van der Waals surface area contributed by atoms with E-state index in [9.17, 15) is 17.6 Å². The molecule has 2 aromatic rings. The summed E-state index contributed by atoms with van der Waals surface area (Å²) in [6.07, 6.45) is 0. The summed E-state index contributed by atoms with van der Waals surface area (Å²) in [6.45, 7) is 0.218. The predicted octanol–water partition coefficient (Wildman–Crippen LogP) is 2.82. The van der Waals surface area contributed by atoms with Gasteiger partial charge in [-0.3, -0.25) is 9.69 Å². The highest BCUT2D eigenvalue weighted by Crippen LogP contribution is 2.15. The van der Waals surface area contributed by atoms with Gasteiger partial charge in [0.15, 0.2) is 9.84 Å². The van der Waals surface area contributed by atoms with Crippen molar-refractivity contribution in [3.8, 4) is 0 Å². The van der Waals surface area contributed by atoms with Crippen molar-refractivity contribution in [2.45, 2.75) is 4.90 Å². The number of likely N-dealkylation sites (N-methyl/N-ethyl adjacent to an activating group) is 1. The minimum absolute atomic E-state index is 0.0213. The molecule has 0 saturated heterocycles. The highest BCUT2D eigenvalue weighted by Gasteiger charge is 2.16. The van der Waals surface area contributed by atoms with Gasteiger partial charge in [-0.25, -0.2) is 12.8 Å². The van der Waals surface area contributed by atoms with Crippen molar-refractivity contribution in [3.05, 3.63) is 59.4 Å². The summed E-state index contributed by atoms with van der Waals surface area (Å²) in [7, 11) is -1.79. The Morgan fingerprint density at radius 2 is 1.72 bits per heavy atom. The molecule has 1 amide bonds. The largest absolute Gasteiger partial charge is 0.325 e. The molecule has 0 radical (unpaired) electrons. The molecule has 0 aromatic heterocycles. The van der Waals surface area contributed by atoms with Gasteiger partial charge in [-0.05, 0) is 55.6 Å². The first kappa shape index (κ1) is 19.4. The van der Waals surface area contributed by atoms with Crippen molar-refractivity contribution in [2.24, 2.45) is 0 Å². The lowest BCUT2D eigenvalue weighted by Crippen LogP contribution is -2.33. The van der Waals surface area contributed by atoms with E-state index in [0.29, 0.717) is 10.7 Å². The van der Waals surface area contributed by atoms with Gasteiger partial charge in [-0.15, -0.1) is 0 Å². The molecular formula is C17H18ClFN2O3S. The number of nitrogens with one attached hydrogen (secondary N) is 1. The maximum absolute atomic E-state index is 12.8. The van der Waals surface area contributed by atoms with Gasteiger partial charge in [-0.2, -0.15) is 0 Å². The zero-order valence-corrected chi connectivity index (χ0v) is 15.1. The number of halogens is 2. The molecule has 134 valence electrons. The topological polar surface area (TPSA) is 66.5 Å². The van der Waals surface area contributed by atoms with Gasteiger partial charge < -0.3 is 5.32 Å².